The van der Waals surface area contributed by atoms with E-state index >= 15 is 0 Å². The Morgan fingerprint density at radius 3 is 2.44 bits per heavy atom. The zero-order chi connectivity index (χ0) is 17.0. The monoisotopic (exact) mass is 366 g/mol. The van der Waals surface area contributed by atoms with E-state index in [0.717, 1.165) is 36.9 Å². The summed E-state index contributed by atoms with van der Waals surface area (Å²) in [4.78, 5) is 12.6. The van der Waals surface area contributed by atoms with Gasteiger partial charge < -0.3 is 15.8 Å². The second-order valence-corrected chi connectivity index (χ2v) is 7.71. The van der Waals surface area contributed by atoms with Crippen LogP contribution in [0.1, 0.15) is 63.9 Å². The lowest BCUT2D eigenvalue weighted by atomic mass is 9.74. The van der Waals surface area contributed by atoms with Gasteiger partial charge in [-0.05, 0) is 50.3 Å². The first-order valence-electron chi connectivity index (χ1n) is 9.35. The van der Waals surface area contributed by atoms with Crippen LogP contribution in [0.15, 0.2) is 24.3 Å². The number of carbonyl (C=O) groups excluding carboxylic acids is 1. The third-order valence-corrected chi connectivity index (χ3v) is 5.58. The molecule has 0 radical (unpaired) electrons. The minimum Gasteiger partial charge on any atom is -0.374 e. The van der Waals surface area contributed by atoms with Gasteiger partial charge in [0.15, 0.2) is 0 Å². The Kier molecular flexibility index (Phi) is 7.29. The molecule has 1 aromatic carbocycles. The van der Waals surface area contributed by atoms with Crippen molar-refractivity contribution < 1.29 is 9.53 Å². The van der Waals surface area contributed by atoms with Gasteiger partial charge in [-0.3, -0.25) is 4.79 Å². The smallest absolute Gasteiger partial charge is 0.229 e. The van der Waals surface area contributed by atoms with Crippen molar-refractivity contribution >= 4 is 24.0 Å². The molecule has 3 rings (SSSR count). The lowest BCUT2D eigenvalue weighted by Crippen LogP contribution is -2.51. The largest absolute Gasteiger partial charge is 0.374 e. The fourth-order valence-corrected chi connectivity index (χ4v) is 3.97. The Balaban J connectivity index is 0.00000225. The fourth-order valence-electron chi connectivity index (χ4n) is 3.97. The van der Waals surface area contributed by atoms with Gasteiger partial charge in [-0.25, -0.2) is 0 Å². The predicted molar refractivity (Wildman–Crippen MR) is 104 cm³/mol. The highest BCUT2D eigenvalue weighted by atomic mass is 35.5. The lowest BCUT2D eigenvalue weighted by molar-refractivity contribution is -0.122. The van der Waals surface area contributed by atoms with Gasteiger partial charge in [-0.1, -0.05) is 37.8 Å². The van der Waals surface area contributed by atoms with Crippen molar-refractivity contribution in [2.45, 2.75) is 76.5 Å². The molecule has 0 aliphatic heterocycles. The van der Waals surface area contributed by atoms with Gasteiger partial charge in [0.05, 0.1) is 18.6 Å². The van der Waals surface area contributed by atoms with Crippen LogP contribution in [-0.2, 0) is 16.1 Å². The number of nitrogens with two attached hydrogens (primary N) is 1. The molecule has 2 saturated carbocycles. The summed E-state index contributed by atoms with van der Waals surface area (Å²) < 4.78 is 5.93. The molecule has 0 spiro atoms. The lowest BCUT2D eigenvalue weighted by Gasteiger charge is -2.37. The molecule has 0 aromatic heterocycles. The molecular weight excluding hydrogens is 336 g/mol. The van der Waals surface area contributed by atoms with Gasteiger partial charge >= 0.3 is 0 Å². The topological polar surface area (TPSA) is 64.4 Å². The second-order valence-electron chi connectivity index (χ2n) is 7.71. The van der Waals surface area contributed by atoms with E-state index in [1.54, 1.807) is 0 Å². The van der Waals surface area contributed by atoms with E-state index < -0.39 is 5.54 Å². The standard InChI is InChI=1S/C20H30N2O2.ClH/c1-20(21)13-5-4-8-18(20)19(23)22-16-11-9-15(10-12-16)14-24-17-6-2-3-7-17;/h9-12,17-18H,2-8,13-14,21H2,1H3,(H,22,23);1H. The fraction of sp³-hybridized carbons (Fsp3) is 0.650. The highest BCUT2D eigenvalue weighted by molar-refractivity contribution is 5.93. The molecule has 2 aliphatic rings. The molecule has 1 amide bonds. The van der Waals surface area contributed by atoms with Gasteiger partial charge in [0.2, 0.25) is 5.91 Å². The van der Waals surface area contributed by atoms with Crippen LogP contribution < -0.4 is 11.1 Å². The van der Waals surface area contributed by atoms with Crippen molar-refractivity contribution in [1.82, 2.24) is 0 Å². The van der Waals surface area contributed by atoms with E-state index in [1.165, 1.54) is 25.7 Å². The van der Waals surface area contributed by atoms with Crippen LogP contribution in [0.3, 0.4) is 0 Å². The van der Waals surface area contributed by atoms with Crippen LogP contribution in [0.4, 0.5) is 5.69 Å². The van der Waals surface area contributed by atoms with E-state index in [9.17, 15) is 4.79 Å². The number of benzene rings is 1. The number of hydrogen-bond acceptors (Lipinski definition) is 3. The first kappa shape index (κ1) is 20.2. The maximum atomic E-state index is 12.6. The molecule has 0 bridgehead atoms. The van der Waals surface area contributed by atoms with Crippen molar-refractivity contribution in [3.05, 3.63) is 29.8 Å². The first-order chi connectivity index (χ1) is 11.5. The molecule has 0 saturated heterocycles. The van der Waals surface area contributed by atoms with E-state index in [-0.39, 0.29) is 24.2 Å². The van der Waals surface area contributed by atoms with Crippen molar-refractivity contribution in [3.63, 3.8) is 0 Å². The molecule has 5 heteroatoms. The van der Waals surface area contributed by atoms with Gasteiger partial charge in [-0.15, -0.1) is 12.4 Å². The number of hydrogen-bond donors (Lipinski definition) is 2. The van der Waals surface area contributed by atoms with Gasteiger partial charge in [0.25, 0.3) is 0 Å². The van der Waals surface area contributed by atoms with Crippen molar-refractivity contribution in [1.29, 1.82) is 0 Å². The Hall–Kier alpha value is -1.10. The summed E-state index contributed by atoms with van der Waals surface area (Å²) in [5, 5.41) is 3.03. The molecule has 4 nitrogen and oxygen atoms in total. The summed E-state index contributed by atoms with van der Waals surface area (Å²) in [6.07, 6.45) is 9.38. The summed E-state index contributed by atoms with van der Waals surface area (Å²) in [6.45, 7) is 2.66. The normalized spacial score (nSPS) is 26.9. The maximum Gasteiger partial charge on any atom is 0.229 e. The van der Waals surface area contributed by atoms with Crippen LogP contribution in [0, 0.1) is 5.92 Å². The zero-order valence-electron chi connectivity index (χ0n) is 15.1. The summed E-state index contributed by atoms with van der Waals surface area (Å²) in [6, 6.07) is 7.99. The Morgan fingerprint density at radius 1 is 1.16 bits per heavy atom. The Morgan fingerprint density at radius 2 is 1.80 bits per heavy atom. The minimum atomic E-state index is -0.391. The number of anilines is 1. The molecule has 2 unspecified atom stereocenters. The molecule has 2 aliphatic carbocycles. The summed E-state index contributed by atoms with van der Waals surface area (Å²) in [5.74, 6) is -0.0497. The third kappa shape index (κ3) is 5.44. The van der Waals surface area contributed by atoms with Crippen LogP contribution in [0.25, 0.3) is 0 Å². The van der Waals surface area contributed by atoms with E-state index in [4.69, 9.17) is 10.5 Å². The maximum absolute atomic E-state index is 12.6. The number of amides is 1. The number of carbonyl (C=O) groups is 1. The molecule has 1 aromatic rings. The quantitative estimate of drug-likeness (QED) is 0.811. The van der Waals surface area contributed by atoms with Crippen LogP contribution in [0.2, 0.25) is 0 Å². The van der Waals surface area contributed by atoms with Crippen molar-refractivity contribution in [2.75, 3.05) is 5.32 Å². The van der Waals surface area contributed by atoms with Crippen LogP contribution in [0.5, 0.6) is 0 Å². The van der Waals surface area contributed by atoms with E-state index in [2.05, 4.69) is 5.32 Å². The number of rotatable bonds is 5. The van der Waals surface area contributed by atoms with Crippen molar-refractivity contribution in [3.8, 4) is 0 Å². The summed E-state index contributed by atoms with van der Waals surface area (Å²) >= 11 is 0. The highest BCUT2D eigenvalue weighted by Crippen LogP contribution is 2.32. The molecular formula is C20H31ClN2O2. The number of nitrogens with one attached hydrogen (secondary N) is 1. The average Bonchev–Trinajstić information content (AvgIpc) is 3.07. The minimum absolute atomic E-state index is 0. The third-order valence-electron chi connectivity index (χ3n) is 5.58. The average molecular weight is 367 g/mol. The van der Waals surface area contributed by atoms with E-state index in [0.29, 0.717) is 12.7 Å². The molecule has 25 heavy (non-hydrogen) atoms. The zero-order valence-corrected chi connectivity index (χ0v) is 15.9. The van der Waals surface area contributed by atoms with Gasteiger partial charge in [0, 0.05) is 11.2 Å². The van der Waals surface area contributed by atoms with Crippen molar-refractivity contribution in [2.24, 2.45) is 11.7 Å². The molecule has 140 valence electrons. The Bertz CT molecular complexity index is 553. The first-order valence-corrected chi connectivity index (χ1v) is 9.35. The molecule has 2 atom stereocenters. The number of ether oxygens (including phenoxy) is 1. The van der Waals surface area contributed by atoms with Crippen LogP contribution in [-0.4, -0.2) is 17.6 Å². The molecule has 2 fully saturated rings. The molecule has 0 heterocycles. The predicted octanol–water partition coefficient (Wildman–Crippen LogP) is 4.41. The summed E-state index contributed by atoms with van der Waals surface area (Å²) in [5.41, 5.74) is 7.92. The van der Waals surface area contributed by atoms with E-state index in [1.807, 2.05) is 31.2 Å². The Labute approximate surface area is 157 Å². The molecule has 3 N–H and O–H groups in total. The SMILES string of the molecule is CC1(N)CCCCC1C(=O)Nc1ccc(COC2CCCC2)cc1.Cl. The van der Waals surface area contributed by atoms with Gasteiger partial charge in [0.1, 0.15) is 0 Å². The number of halogens is 1. The van der Waals surface area contributed by atoms with Crippen LogP contribution >= 0.6 is 12.4 Å². The summed E-state index contributed by atoms with van der Waals surface area (Å²) in [7, 11) is 0. The van der Waals surface area contributed by atoms with Gasteiger partial charge in [-0.2, -0.15) is 0 Å². The highest BCUT2D eigenvalue weighted by Gasteiger charge is 2.37. The second kappa shape index (κ2) is 9.02.